The van der Waals surface area contributed by atoms with Crippen molar-refractivity contribution in [1.82, 2.24) is 10.4 Å². The van der Waals surface area contributed by atoms with Crippen LogP contribution in [0.15, 0.2) is 5.38 Å². The third kappa shape index (κ3) is 3.99. The molecule has 1 heterocycles. The van der Waals surface area contributed by atoms with Crippen molar-refractivity contribution < 1.29 is 4.74 Å². The van der Waals surface area contributed by atoms with Gasteiger partial charge in [-0.05, 0) is 25.7 Å². The maximum Gasteiger partial charge on any atom is 0.0897 e. The summed E-state index contributed by atoms with van der Waals surface area (Å²) in [5.74, 6) is 6.38. The first-order valence-corrected chi connectivity index (χ1v) is 8.02. The highest BCUT2D eigenvalue weighted by atomic mass is 32.1. The summed E-state index contributed by atoms with van der Waals surface area (Å²) in [5.41, 5.74) is 4.06. The predicted octanol–water partition coefficient (Wildman–Crippen LogP) is 2.42. The van der Waals surface area contributed by atoms with Gasteiger partial charge < -0.3 is 4.74 Å². The average Bonchev–Trinajstić information content (AvgIpc) is 2.85. The van der Waals surface area contributed by atoms with Gasteiger partial charge in [-0.2, -0.15) is 0 Å². The predicted molar refractivity (Wildman–Crippen MR) is 79.0 cm³/mol. The smallest absolute Gasteiger partial charge is 0.0897 e. The molecular formula is C14H25N3OS. The summed E-state index contributed by atoms with van der Waals surface area (Å²) in [6, 6.07) is 0.148. The second-order valence-electron chi connectivity index (χ2n) is 5.43. The molecule has 1 aliphatic carbocycles. The van der Waals surface area contributed by atoms with Gasteiger partial charge in [0.2, 0.25) is 0 Å². The highest BCUT2D eigenvalue weighted by Crippen LogP contribution is 2.30. The van der Waals surface area contributed by atoms with Crippen molar-refractivity contribution in [2.45, 2.75) is 57.6 Å². The minimum Gasteiger partial charge on any atom is -0.379 e. The van der Waals surface area contributed by atoms with Crippen molar-refractivity contribution in [3.05, 3.63) is 16.1 Å². The number of hydrogen-bond acceptors (Lipinski definition) is 5. The van der Waals surface area contributed by atoms with E-state index >= 15 is 0 Å². The Morgan fingerprint density at radius 2 is 2.21 bits per heavy atom. The number of methoxy groups -OCH3 is 1. The highest BCUT2D eigenvalue weighted by Gasteiger charge is 2.30. The molecule has 1 aliphatic rings. The zero-order valence-corrected chi connectivity index (χ0v) is 12.7. The molecule has 2 rings (SSSR count). The summed E-state index contributed by atoms with van der Waals surface area (Å²) >= 11 is 1.69. The van der Waals surface area contributed by atoms with Crippen molar-refractivity contribution >= 4 is 11.3 Å². The summed E-state index contributed by atoms with van der Waals surface area (Å²) in [4.78, 5) is 4.53. The first kappa shape index (κ1) is 14.9. The third-order valence-corrected chi connectivity index (χ3v) is 4.92. The van der Waals surface area contributed by atoms with Gasteiger partial charge in [0.05, 0.1) is 22.8 Å². The van der Waals surface area contributed by atoms with Crippen LogP contribution in [-0.4, -0.2) is 24.2 Å². The van der Waals surface area contributed by atoms with Crippen LogP contribution in [-0.2, 0) is 11.2 Å². The molecule has 5 heteroatoms. The standard InChI is InChI=1S/C14H25N3OS/c1-10-16-12(9-19-10)8-13(17-15)14(18-2)11-6-4-3-5-7-11/h9,11,13-14,17H,3-8,15H2,1-2H3. The molecule has 108 valence electrons. The fourth-order valence-corrected chi connectivity index (χ4v) is 3.77. The first-order valence-electron chi connectivity index (χ1n) is 7.14. The van der Waals surface area contributed by atoms with E-state index in [4.69, 9.17) is 10.6 Å². The van der Waals surface area contributed by atoms with Gasteiger partial charge in [-0.15, -0.1) is 11.3 Å². The molecule has 0 aliphatic heterocycles. The molecule has 1 aromatic rings. The molecular weight excluding hydrogens is 258 g/mol. The minimum absolute atomic E-state index is 0.148. The maximum atomic E-state index is 5.76. The summed E-state index contributed by atoms with van der Waals surface area (Å²) < 4.78 is 5.75. The van der Waals surface area contributed by atoms with Crippen LogP contribution in [0.5, 0.6) is 0 Å². The molecule has 19 heavy (non-hydrogen) atoms. The number of aromatic nitrogens is 1. The molecule has 1 fully saturated rings. The zero-order chi connectivity index (χ0) is 13.7. The molecule has 0 spiro atoms. The van der Waals surface area contributed by atoms with E-state index in [9.17, 15) is 0 Å². The Kier molecular flexibility index (Phi) is 5.76. The van der Waals surface area contributed by atoms with Gasteiger partial charge in [0, 0.05) is 18.9 Å². The summed E-state index contributed by atoms with van der Waals surface area (Å²) in [7, 11) is 1.80. The molecule has 0 aromatic carbocycles. The largest absolute Gasteiger partial charge is 0.379 e. The summed E-state index contributed by atoms with van der Waals surface area (Å²) in [6.07, 6.45) is 7.54. The van der Waals surface area contributed by atoms with Gasteiger partial charge in [-0.1, -0.05) is 19.3 Å². The molecule has 0 radical (unpaired) electrons. The number of hydrazine groups is 1. The fourth-order valence-electron chi connectivity index (χ4n) is 3.15. The van der Waals surface area contributed by atoms with Gasteiger partial charge in [0.15, 0.2) is 0 Å². The average molecular weight is 283 g/mol. The molecule has 2 unspecified atom stereocenters. The van der Waals surface area contributed by atoms with Crippen molar-refractivity contribution in [2.75, 3.05) is 7.11 Å². The molecule has 1 saturated carbocycles. The lowest BCUT2D eigenvalue weighted by Crippen LogP contribution is -2.49. The summed E-state index contributed by atoms with van der Waals surface area (Å²) in [5, 5.41) is 3.23. The van der Waals surface area contributed by atoms with E-state index in [2.05, 4.69) is 15.8 Å². The Bertz CT molecular complexity index is 377. The van der Waals surface area contributed by atoms with E-state index in [0.717, 1.165) is 17.1 Å². The Hall–Kier alpha value is -0.490. The van der Waals surface area contributed by atoms with Crippen LogP contribution in [0.4, 0.5) is 0 Å². The van der Waals surface area contributed by atoms with Crippen molar-refractivity contribution in [2.24, 2.45) is 11.8 Å². The van der Waals surface area contributed by atoms with Crippen LogP contribution in [0.3, 0.4) is 0 Å². The van der Waals surface area contributed by atoms with Crippen molar-refractivity contribution in [3.8, 4) is 0 Å². The summed E-state index contributed by atoms with van der Waals surface area (Å²) in [6.45, 7) is 2.04. The lowest BCUT2D eigenvalue weighted by atomic mass is 9.82. The normalized spacial score (nSPS) is 20.4. The third-order valence-electron chi connectivity index (χ3n) is 4.09. The molecule has 0 saturated heterocycles. The van der Waals surface area contributed by atoms with E-state index < -0.39 is 0 Å². The molecule has 0 amide bonds. The zero-order valence-electron chi connectivity index (χ0n) is 11.9. The number of hydrogen-bond donors (Lipinski definition) is 2. The van der Waals surface area contributed by atoms with Crippen LogP contribution in [0.1, 0.15) is 42.8 Å². The quantitative estimate of drug-likeness (QED) is 0.622. The molecule has 2 atom stereocenters. The van der Waals surface area contributed by atoms with Crippen LogP contribution < -0.4 is 11.3 Å². The fraction of sp³-hybridized carbons (Fsp3) is 0.786. The number of nitrogens with one attached hydrogen (secondary N) is 1. The number of ether oxygens (including phenoxy) is 1. The van der Waals surface area contributed by atoms with Gasteiger partial charge in [-0.3, -0.25) is 11.3 Å². The lowest BCUT2D eigenvalue weighted by Gasteiger charge is -2.34. The highest BCUT2D eigenvalue weighted by molar-refractivity contribution is 7.09. The van der Waals surface area contributed by atoms with Crippen LogP contribution in [0.25, 0.3) is 0 Å². The first-order chi connectivity index (χ1) is 9.24. The number of aryl methyl sites for hydroxylation is 1. The molecule has 3 N–H and O–H groups in total. The van der Waals surface area contributed by atoms with Gasteiger partial charge in [0.25, 0.3) is 0 Å². The van der Waals surface area contributed by atoms with E-state index in [1.807, 2.05) is 6.92 Å². The van der Waals surface area contributed by atoms with Gasteiger partial charge in [0.1, 0.15) is 0 Å². The molecule has 4 nitrogen and oxygen atoms in total. The van der Waals surface area contributed by atoms with Crippen molar-refractivity contribution in [3.63, 3.8) is 0 Å². The second-order valence-corrected chi connectivity index (χ2v) is 6.50. The van der Waals surface area contributed by atoms with Crippen LogP contribution in [0.2, 0.25) is 0 Å². The number of nitrogens with zero attached hydrogens (tertiary/aromatic N) is 1. The minimum atomic E-state index is 0.148. The van der Waals surface area contributed by atoms with Crippen molar-refractivity contribution in [1.29, 1.82) is 0 Å². The van der Waals surface area contributed by atoms with Crippen LogP contribution in [0, 0.1) is 12.8 Å². The molecule has 0 bridgehead atoms. The SMILES string of the molecule is COC(C1CCCCC1)C(Cc1csc(C)n1)NN. The number of rotatable bonds is 6. The van der Waals surface area contributed by atoms with E-state index in [1.165, 1.54) is 32.1 Å². The maximum absolute atomic E-state index is 5.76. The monoisotopic (exact) mass is 283 g/mol. The lowest BCUT2D eigenvalue weighted by molar-refractivity contribution is 0.00807. The van der Waals surface area contributed by atoms with Crippen LogP contribution >= 0.6 is 11.3 Å². The molecule has 1 aromatic heterocycles. The van der Waals surface area contributed by atoms with Gasteiger partial charge in [-0.25, -0.2) is 4.98 Å². The Balaban J connectivity index is 2.00. The Labute approximate surface area is 119 Å². The Morgan fingerprint density at radius 3 is 2.74 bits per heavy atom. The number of nitrogens with two attached hydrogens (primary N) is 1. The Morgan fingerprint density at radius 1 is 1.47 bits per heavy atom. The van der Waals surface area contributed by atoms with E-state index in [-0.39, 0.29) is 12.1 Å². The topological polar surface area (TPSA) is 60.2 Å². The number of thiazole rings is 1. The van der Waals surface area contributed by atoms with E-state index in [1.54, 1.807) is 18.4 Å². The van der Waals surface area contributed by atoms with Gasteiger partial charge >= 0.3 is 0 Å². The van der Waals surface area contributed by atoms with E-state index in [0.29, 0.717) is 5.92 Å². The second kappa shape index (κ2) is 7.33.